The van der Waals surface area contributed by atoms with Crippen molar-refractivity contribution < 1.29 is 14.3 Å². The maximum absolute atomic E-state index is 12.0. The van der Waals surface area contributed by atoms with Gasteiger partial charge >= 0.3 is 5.97 Å². The lowest BCUT2D eigenvalue weighted by Crippen LogP contribution is -2.15. The molecule has 0 unspecified atom stereocenters. The molecule has 0 bridgehead atoms. The molecular weight excluding hydrogens is 302 g/mol. The highest BCUT2D eigenvalue weighted by molar-refractivity contribution is 6.31. The molecule has 0 saturated heterocycles. The van der Waals surface area contributed by atoms with Crippen molar-refractivity contribution in [1.29, 1.82) is 0 Å². The van der Waals surface area contributed by atoms with Crippen molar-refractivity contribution in [2.45, 2.75) is 0 Å². The molecule has 114 valence electrons. The van der Waals surface area contributed by atoms with E-state index in [4.69, 9.17) is 16.3 Å². The van der Waals surface area contributed by atoms with E-state index in [0.29, 0.717) is 16.1 Å². The monoisotopic (exact) mass is 317 g/mol. The fourth-order valence-electron chi connectivity index (χ4n) is 1.87. The normalized spacial score (nSPS) is 10.1. The molecule has 2 aromatic rings. The minimum atomic E-state index is -0.529. The van der Waals surface area contributed by atoms with Crippen LogP contribution in [0.2, 0.25) is 5.02 Å². The van der Waals surface area contributed by atoms with Crippen LogP contribution in [0.1, 0.15) is 20.7 Å². The van der Waals surface area contributed by atoms with Gasteiger partial charge in [0.2, 0.25) is 0 Å². The second-order valence-electron chi connectivity index (χ2n) is 4.95. The molecule has 0 saturated carbocycles. The maximum Gasteiger partial charge on any atom is 0.338 e. The molecule has 0 amide bonds. The summed E-state index contributed by atoms with van der Waals surface area (Å²) in [7, 11) is 3.76. The predicted octanol–water partition coefficient (Wildman–Crippen LogP) is 3.45. The van der Waals surface area contributed by atoms with Crippen molar-refractivity contribution in [2.24, 2.45) is 0 Å². The number of carbonyl (C=O) groups excluding carboxylic acids is 2. The van der Waals surface area contributed by atoms with Gasteiger partial charge in [0, 0.05) is 30.4 Å². The standard InChI is InChI=1S/C17H16ClNO3/c1-19(2)15-8-4-6-13(10-15)17(21)22-11-16(20)12-5-3-7-14(18)9-12/h3-10H,11H2,1-2H3. The Morgan fingerprint density at radius 3 is 2.41 bits per heavy atom. The Labute approximate surface area is 134 Å². The third-order valence-corrected chi connectivity index (χ3v) is 3.31. The Hall–Kier alpha value is -2.33. The lowest BCUT2D eigenvalue weighted by Gasteiger charge is -2.13. The number of nitrogens with zero attached hydrogens (tertiary/aromatic N) is 1. The molecule has 0 aromatic heterocycles. The number of halogens is 1. The molecule has 0 atom stereocenters. The van der Waals surface area contributed by atoms with Gasteiger partial charge in [0.25, 0.3) is 0 Å². The second-order valence-corrected chi connectivity index (χ2v) is 5.39. The Kier molecular flexibility index (Phi) is 5.17. The van der Waals surface area contributed by atoms with Gasteiger partial charge in [-0.15, -0.1) is 0 Å². The molecule has 0 spiro atoms. The summed E-state index contributed by atoms with van der Waals surface area (Å²) in [6.45, 7) is -0.314. The minimum Gasteiger partial charge on any atom is -0.454 e. The number of Topliss-reactive ketones (excluding diaryl/α,β-unsaturated/α-hetero) is 1. The van der Waals surface area contributed by atoms with Gasteiger partial charge in [0.1, 0.15) is 0 Å². The summed E-state index contributed by atoms with van der Waals surface area (Å²) in [5.74, 6) is -0.821. The molecule has 0 aliphatic carbocycles. The number of esters is 1. The zero-order valence-corrected chi connectivity index (χ0v) is 13.1. The van der Waals surface area contributed by atoms with E-state index in [1.165, 1.54) is 0 Å². The van der Waals surface area contributed by atoms with Crippen LogP contribution in [0.4, 0.5) is 5.69 Å². The number of hydrogen-bond donors (Lipinski definition) is 0. The second kappa shape index (κ2) is 7.09. The quantitative estimate of drug-likeness (QED) is 0.626. The van der Waals surface area contributed by atoms with Crippen LogP contribution in [-0.2, 0) is 4.74 Å². The van der Waals surface area contributed by atoms with Gasteiger partial charge in [-0.2, -0.15) is 0 Å². The van der Waals surface area contributed by atoms with Crippen LogP contribution in [-0.4, -0.2) is 32.5 Å². The third kappa shape index (κ3) is 4.09. The van der Waals surface area contributed by atoms with E-state index in [0.717, 1.165) is 5.69 Å². The molecular formula is C17H16ClNO3. The molecule has 5 heteroatoms. The number of ether oxygens (including phenoxy) is 1. The van der Waals surface area contributed by atoms with Crippen LogP contribution in [0.15, 0.2) is 48.5 Å². The summed E-state index contributed by atoms with van der Waals surface area (Å²) in [5, 5.41) is 0.468. The van der Waals surface area contributed by atoms with E-state index in [1.807, 2.05) is 25.1 Å². The van der Waals surface area contributed by atoms with Crippen molar-refractivity contribution in [1.82, 2.24) is 0 Å². The van der Waals surface area contributed by atoms with E-state index < -0.39 is 5.97 Å². The van der Waals surface area contributed by atoms with Crippen molar-refractivity contribution in [3.05, 3.63) is 64.7 Å². The van der Waals surface area contributed by atoms with Crippen LogP contribution in [0, 0.1) is 0 Å². The maximum atomic E-state index is 12.0. The Morgan fingerprint density at radius 2 is 1.73 bits per heavy atom. The smallest absolute Gasteiger partial charge is 0.338 e. The van der Waals surface area contributed by atoms with Gasteiger partial charge < -0.3 is 9.64 Å². The number of ketones is 1. The molecule has 2 rings (SSSR count). The van der Waals surface area contributed by atoms with Gasteiger partial charge in [0.05, 0.1) is 5.56 Å². The average molecular weight is 318 g/mol. The number of anilines is 1. The summed E-state index contributed by atoms with van der Waals surface area (Å²) < 4.78 is 5.07. The van der Waals surface area contributed by atoms with E-state index in [2.05, 4.69) is 0 Å². The zero-order chi connectivity index (χ0) is 16.1. The van der Waals surface area contributed by atoms with Gasteiger partial charge in [-0.25, -0.2) is 4.79 Å². The highest BCUT2D eigenvalue weighted by Gasteiger charge is 2.12. The molecule has 22 heavy (non-hydrogen) atoms. The van der Waals surface area contributed by atoms with Gasteiger partial charge in [-0.3, -0.25) is 4.79 Å². The van der Waals surface area contributed by atoms with Crippen molar-refractivity contribution in [3.8, 4) is 0 Å². The Balaban J connectivity index is 2.01. The summed E-state index contributed by atoms with van der Waals surface area (Å²) in [5.41, 5.74) is 1.71. The lowest BCUT2D eigenvalue weighted by atomic mass is 10.1. The highest BCUT2D eigenvalue weighted by atomic mass is 35.5. The molecule has 0 N–H and O–H groups in total. The van der Waals surface area contributed by atoms with Crippen molar-refractivity contribution >= 4 is 29.0 Å². The largest absolute Gasteiger partial charge is 0.454 e. The van der Waals surface area contributed by atoms with Crippen LogP contribution in [0.3, 0.4) is 0 Å². The van der Waals surface area contributed by atoms with Gasteiger partial charge in [-0.1, -0.05) is 29.8 Å². The number of hydrogen-bond acceptors (Lipinski definition) is 4. The highest BCUT2D eigenvalue weighted by Crippen LogP contribution is 2.15. The van der Waals surface area contributed by atoms with E-state index in [-0.39, 0.29) is 12.4 Å². The lowest BCUT2D eigenvalue weighted by molar-refractivity contribution is 0.0475. The topological polar surface area (TPSA) is 46.6 Å². The molecule has 0 heterocycles. The Morgan fingerprint density at radius 1 is 1.05 bits per heavy atom. The van der Waals surface area contributed by atoms with E-state index in [9.17, 15) is 9.59 Å². The number of carbonyl (C=O) groups is 2. The minimum absolute atomic E-state index is 0.292. The molecule has 0 radical (unpaired) electrons. The zero-order valence-electron chi connectivity index (χ0n) is 12.4. The molecule has 0 aliphatic heterocycles. The van der Waals surface area contributed by atoms with Gasteiger partial charge in [-0.05, 0) is 30.3 Å². The van der Waals surface area contributed by atoms with Crippen LogP contribution in [0.5, 0.6) is 0 Å². The Bertz CT molecular complexity index is 698. The first-order chi connectivity index (χ1) is 10.5. The molecule has 0 fully saturated rings. The van der Waals surface area contributed by atoms with Gasteiger partial charge in [0.15, 0.2) is 12.4 Å². The van der Waals surface area contributed by atoms with Crippen LogP contribution >= 0.6 is 11.6 Å². The molecule has 2 aromatic carbocycles. The fraction of sp³-hybridized carbons (Fsp3) is 0.176. The summed E-state index contributed by atoms with van der Waals surface area (Å²) in [6, 6.07) is 13.6. The first-order valence-corrected chi connectivity index (χ1v) is 7.08. The molecule has 0 aliphatic rings. The van der Waals surface area contributed by atoms with Crippen LogP contribution < -0.4 is 4.90 Å². The third-order valence-electron chi connectivity index (χ3n) is 3.08. The van der Waals surface area contributed by atoms with Crippen molar-refractivity contribution in [3.63, 3.8) is 0 Å². The van der Waals surface area contributed by atoms with E-state index >= 15 is 0 Å². The van der Waals surface area contributed by atoms with Crippen LogP contribution in [0.25, 0.3) is 0 Å². The SMILES string of the molecule is CN(C)c1cccc(C(=O)OCC(=O)c2cccc(Cl)c2)c1. The van der Waals surface area contributed by atoms with E-state index in [1.54, 1.807) is 42.5 Å². The number of rotatable bonds is 5. The van der Waals surface area contributed by atoms with Crippen molar-refractivity contribution in [2.75, 3.05) is 25.6 Å². The number of benzene rings is 2. The first-order valence-electron chi connectivity index (χ1n) is 6.70. The molecule has 4 nitrogen and oxygen atoms in total. The average Bonchev–Trinajstić information content (AvgIpc) is 2.52. The fourth-order valence-corrected chi connectivity index (χ4v) is 2.06. The summed E-state index contributed by atoms with van der Waals surface area (Å²) >= 11 is 5.83. The summed E-state index contributed by atoms with van der Waals surface area (Å²) in [6.07, 6.45) is 0. The summed E-state index contributed by atoms with van der Waals surface area (Å²) in [4.78, 5) is 25.8. The predicted molar refractivity (Wildman–Crippen MR) is 86.8 cm³/mol. The first kappa shape index (κ1) is 16.0.